The number of rotatable bonds is 4. The van der Waals surface area contributed by atoms with Crippen molar-refractivity contribution in [2.75, 3.05) is 18.0 Å². The maximum atomic E-state index is 12.3. The van der Waals surface area contributed by atoms with Gasteiger partial charge in [-0.05, 0) is 36.6 Å². The summed E-state index contributed by atoms with van der Waals surface area (Å²) in [5, 5.41) is 3.69. The predicted octanol–water partition coefficient (Wildman–Crippen LogP) is 2.66. The zero-order chi connectivity index (χ0) is 16.1. The molecule has 1 fully saturated rings. The van der Waals surface area contributed by atoms with Gasteiger partial charge >= 0.3 is 0 Å². The lowest BCUT2D eigenvalue weighted by Crippen LogP contribution is -2.41. The first-order valence-corrected chi connectivity index (χ1v) is 8.14. The van der Waals surface area contributed by atoms with E-state index in [-0.39, 0.29) is 11.8 Å². The third kappa shape index (κ3) is 4.20. The van der Waals surface area contributed by atoms with Gasteiger partial charge in [-0.2, -0.15) is 0 Å². The molecule has 0 saturated carbocycles. The number of carbonyl (C=O) groups is 1. The lowest BCUT2D eigenvalue weighted by molar-refractivity contribution is -0.125. The Morgan fingerprint density at radius 2 is 1.96 bits per heavy atom. The Balaban J connectivity index is 1.48. The van der Waals surface area contributed by atoms with Gasteiger partial charge in [-0.25, -0.2) is 9.97 Å². The summed E-state index contributed by atoms with van der Waals surface area (Å²) in [5.41, 5.74) is 1.01. The van der Waals surface area contributed by atoms with Crippen molar-refractivity contribution in [1.29, 1.82) is 0 Å². The zero-order valence-corrected chi connectivity index (χ0v) is 13.5. The van der Waals surface area contributed by atoms with E-state index in [1.807, 2.05) is 24.3 Å². The van der Waals surface area contributed by atoms with Gasteiger partial charge in [0.15, 0.2) is 0 Å². The van der Waals surface area contributed by atoms with Crippen molar-refractivity contribution in [3.8, 4) is 0 Å². The number of halogens is 1. The minimum atomic E-state index is 0.0501. The molecule has 23 heavy (non-hydrogen) atoms. The molecule has 0 atom stereocenters. The normalized spacial score (nSPS) is 15.4. The van der Waals surface area contributed by atoms with Gasteiger partial charge in [0.05, 0.1) is 0 Å². The van der Waals surface area contributed by atoms with E-state index in [1.165, 1.54) is 0 Å². The number of hydrogen-bond acceptors (Lipinski definition) is 4. The maximum absolute atomic E-state index is 12.3. The SMILES string of the molecule is O=C(NCc1cccc(Cl)c1)C1CCN(c2ncccn2)CC1. The van der Waals surface area contributed by atoms with E-state index >= 15 is 0 Å². The summed E-state index contributed by atoms with van der Waals surface area (Å²) in [6.45, 7) is 2.12. The summed E-state index contributed by atoms with van der Waals surface area (Å²) in [5.74, 6) is 0.901. The highest BCUT2D eigenvalue weighted by atomic mass is 35.5. The quantitative estimate of drug-likeness (QED) is 0.936. The monoisotopic (exact) mass is 330 g/mol. The van der Waals surface area contributed by atoms with Crippen LogP contribution in [0.5, 0.6) is 0 Å². The van der Waals surface area contributed by atoms with Crippen molar-refractivity contribution in [2.45, 2.75) is 19.4 Å². The Morgan fingerprint density at radius 1 is 1.22 bits per heavy atom. The van der Waals surface area contributed by atoms with E-state index in [2.05, 4.69) is 20.2 Å². The van der Waals surface area contributed by atoms with Crippen molar-refractivity contribution in [2.24, 2.45) is 5.92 Å². The second-order valence-electron chi connectivity index (χ2n) is 5.66. The van der Waals surface area contributed by atoms with Crippen molar-refractivity contribution in [1.82, 2.24) is 15.3 Å². The van der Waals surface area contributed by atoms with Gasteiger partial charge < -0.3 is 10.2 Å². The Bertz CT molecular complexity index is 657. The molecule has 2 aromatic rings. The molecular formula is C17H19ClN4O. The van der Waals surface area contributed by atoms with Crippen LogP contribution >= 0.6 is 11.6 Å². The van der Waals surface area contributed by atoms with Crippen molar-refractivity contribution in [3.63, 3.8) is 0 Å². The first kappa shape index (κ1) is 15.7. The number of anilines is 1. The van der Waals surface area contributed by atoms with Crippen LogP contribution in [0.3, 0.4) is 0 Å². The van der Waals surface area contributed by atoms with Gasteiger partial charge in [0.2, 0.25) is 11.9 Å². The molecule has 0 unspecified atom stereocenters. The Morgan fingerprint density at radius 3 is 2.65 bits per heavy atom. The first-order valence-electron chi connectivity index (χ1n) is 7.76. The van der Waals surface area contributed by atoms with E-state index in [9.17, 15) is 4.79 Å². The minimum absolute atomic E-state index is 0.0501. The van der Waals surface area contributed by atoms with Crippen LogP contribution in [0.2, 0.25) is 5.02 Å². The molecule has 3 rings (SSSR count). The van der Waals surface area contributed by atoms with Crippen LogP contribution in [0.4, 0.5) is 5.95 Å². The molecular weight excluding hydrogens is 312 g/mol. The van der Waals surface area contributed by atoms with Crippen LogP contribution in [0.15, 0.2) is 42.7 Å². The Hall–Kier alpha value is -2.14. The Labute approximate surface area is 140 Å². The fourth-order valence-corrected chi connectivity index (χ4v) is 2.99. The lowest BCUT2D eigenvalue weighted by Gasteiger charge is -2.31. The van der Waals surface area contributed by atoms with Gasteiger partial charge in [-0.15, -0.1) is 0 Å². The molecule has 1 aliphatic rings. The van der Waals surface area contributed by atoms with E-state index in [0.717, 1.165) is 37.4 Å². The predicted molar refractivity (Wildman–Crippen MR) is 90.3 cm³/mol. The van der Waals surface area contributed by atoms with E-state index < -0.39 is 0 Å². The minimum Gasteiger partial charge on any atom is -0.352 e. The standard InChI is InChI=1S/C17H19ClN4O/c18-15-4-1-3-13(11-15)12-21-16(23)14-5-9-22(10-6-14)17-19-7-2-8-20-17/h1-4,7-8,11,14H,5-6,9-10,12H2,(H,21,23). The number of hydrogen-bond donors (Lipinski definition) is 1. The molecule has 1 N–H and O–H groups in total. The number of nitrogens with zero attached hydrogens (tertiary/aromatic N) is 3. The highest BCUT2D eigenvalue weighted by Crippen LogP contribution is 2.20. The van der Waals surface area contributed by atoms with Gasteiger partial charge in [0.1, 0.15) is 0 Å². The highest BCUT2D eigenvalue weighted by molar-refractivity contribution is 6.30. The molecule has 1 aromatic heterocycles. The van der Waals surface area contributed by atoms with Crippen LogP contribution in [0.25, 0.3) is 0 Å². The van der Waals surface area contributed by atoms with E-state index in [1.54, 1.807) is 18.5 Å². The first-order chi connectivity index (χ1) is 11.2. The van der Waals surface area contributed by atoms with Crippen LogP contribution in [-0.2, 0) is 11.3 Å². The van der Waals surface area contributed by atoms with Gasteiger partial charge in [0.25, 0.3) is 0 Å². The summed E-state index contributed by atoms with van der Waals surface area (Å²) in [7, 11) is 0. The molecule has 0 radical (unpaired) electrons. The van der Waals surface area contributed by atoms with Crippen LogP contribution in [0, 0.1) is 5.92 Å². The third-order valence-corrected chi connectivity index (χ3v) is 4.29. The molecule has 1 amide bonds. The average molecular weight is 331 g/mol. The van der Waals surface area contributed by atoms with Crippen LogP contribution in [0.1, 0.15) is 18.4 Å². The number of benzene rings is 1. The number of piperidine rings is 1. The summed E-state index contributed by atoms with van der Waals surface area (Å²) in [4.78, 5) is 22.9. The molecule has 120 valence electrons. The fraction of sp³-hybridized carbons (Fsp3) is 0.353. The summed E-state index contributed by atoms with van der Waals surface area (Å²) < 4.78 is 0. The molecule has 1 aliphatic heterocycles. The average Bonchev–Trinajstić information content (AvgIpc) is 2.61. The van der Waals surface area contributed by atoms with Crippen molar-refractivity contribution < 1.29 is 4.79 Å². The van der Waals surface area contributed by atoms with Crippen LogP contribution in [-0.4, -0.2) is 29.0 Å². The van der Waals surface area contributed by atoms with Crippen LogP contribution < -0.4 is 10.2 Å². The topological polar surface area (TPSA) is 58.1 Å². The molecule has 1 aromatic carbocycles. The molecule has 6 heteroatoms. The zero-order valence-electron chi connectivity index (χ0n) is 12.8. The molecule has 1 saturated heterocycles. The lowest BCUT2D eigenvalue weighted by atomic mass is 9.96. The summed E-state index contributed by atoms with van der Waals surface area (Å²) in [6.07, 6.45) is 5.12. The largest absolute Gasteiger partial charge is 0.352 e. The van der Waals surface area contributed by atoms with Gasteiger partial charge in [-0.3, -0.25) is 4.79 Å². The fourth-order valence-electron chi connectivity index (χ4n) is 2.78. The molecule has 0 spiro atoms. The smallest absolute Gasteiger partial charge is 0.225 e. The van der Waals surface area contributed by atoms with Crippen molar-refractivity contribution >= 4 is 23.5 Å². The molecule has 0 aliphatic carbocycles. The Kier molecular flexibility index (Phi) is 5.08. The van der Waals surface area contributed by atoms with Crippen molar-refractivity contribution in [3.05, 3.63) is 53.3 Å². The van der Waals surface area contributed by atoms with E-state index in [4.69, 9.17) is 11.6 Å². The van der Waals surface area contributed by atoms with Gasteiger partial charge in [0, 0.05) is 43.0 Å². The van der Waals surface area contributed by atoms with E-state index in [0.29, 0.717) is 11.6 Å². The number of aromatic nitrogens is 2. The highest BCUT2D eigenvalue weighted by Gasteiger charge is 2.25. The number of nitrogens with one attached hydrogen (secondary N) is 1. The maximum Gasteiger partial charge on any atom is 0.225 e. The second kappa shape index (κ2) is 7.42. The summed E-state index contributed by atoms with van der Waals surface area (Å²) >= 11 is 5.95. The molecule has 5 nitrogen and oxygen atoms in total. The third-order valence-electron chi connectivity index (χ3n) is 4.06. The van der Waals surface area contributed by atoms with Gasteiger partial charge in [-0.1, -0.05) is 23.7 Å². The second-order valence-corrected chi connectivity index (χ2v) is 6.09. The number of amides is 1. The summed E-state index contributed by atoms with van der Waals surface area (Å²) in [6, 6.07) is 9.36. The number of carbonyl (C=O) groups excluding carboxylic acids is 1. The molecule has 0 bridgehead atoms. The molecule has 2 heterocycles.